The fourth-order valence-corrected chi connectivity index (χ4v) is 5.03. The average Bonchev–Trinajstić information content (AvgIpc) is 3.04. The number of carbonyl (C=O) groups excluding carboxylic acids is 1. The lowest BCUT2D eigenvalue weighted by Gasteiger charge is -2.20. The van der Waals surface area contributed by atoms with Crippen LogP contribution in [-0.4, -0.2) is 45.4 Å². The fraction of sp³-hybridized carbons (Fsp3) is 0.409. The van der Waals surface area contributed by atoms with Gasteiger partial charge in [0.2, 0.25) is 10.0 Å². The molecule has 1 fully saturated rings. The second-order valence-corrected chi connectivity index (χ2v) is 9.03. The zero-order valence-corrected chi connectivity index (χ0v) is 18.2. The van der Waals surface area contributed by atoms with Gasteiger partial charge in [-0.25, -0.2) is 8.42 Å². The van der Waals surface area contributed by atoms with Gasteiger partial charge >= 0.3 is 0 Å². The number of hydrogen-bond acceptors (Lipinski definition) is 5. The first-order chi connectivity index (χ1) is 14.5. The highest BCUT2D eigenvalue weighted by Gasteiger charge is 2.27. The Morgan fingerprint density at radius 3 is 2.47 bits per heavy atom. The molecule has 162 valence electrons. The first-order valence-corrected chi connectivity index (χ1v) is 11.6. The van der Waals surface area contributed by atoms with E-state index in [4.69, 9.17) is 9.47 Å². The summed E-state index contributed by atoms with van der Waals surface area (Å²) >= 11 is 0. The summed E-state index contributed by atoms with van der Waals surface area (Å²) in [6, 6.07) is 11.4. The molecule has 0 saturated carbocycles. The number of methoxy groups -OCH3 is 1. The highest BCUT2D eigenvalue weighted by atomic mass is 32.2. The van der Waals surface area contributed by atoms with Crippen LogP contribution in [0.4, 0.5) is 5.69 Å². The maximum Gasteiger partial charge on any atom is 0.259 e. The summed E-state index contributed by atoms with van der Waals surface area (Å²) in [5.74, 6) is 0.497. The predicted molar refractivity (Wildman–Crippen MR) is 116 cm³/mol. The molecule has 1 N–H and O–H groups in total. The van der Waals surface area contributed by atoms with Crippen LogP contribution >= 0.6 is 0 Å². The van der Waals surface area contributed by atoms with Crippen LogP contribution in [-0.2, 0) is 10.0 Å². The number of rotatable bonds is 7. The van der Waals surface area contributed by atoms with Crippen molar-refractivity contribution in [2.45, 2.75) is 37.5 Å². The van der Waals surface area contributed by atoms with Gasteiger partial charge in [0, 0.05) is 24.8 Å². The van der Waals surface area contributed by atoms with Crippen molar-refractivity contribution in [3.63, 3.8) is 0 Å². The number of sulfonamides is 1. The number of carbonyl (C=O) groups is 1. The molecule has 1 amide bonds. The lowest BCUT2D eigenvalue weighted by Crippen LogP contribution is -2.32. The van der Waals surface area contributed by atoms with Crippen LogP contribution in [0.1, 0.15) is 43.0 Å². The van der Waals surface area contributed by atoms with Crippen molar-refractivity contribution in [3.8, 4) is 11.5 Å². The molecule has 0 bridgehead atoms. The molecule has 7 nitrogen and oxygen atoms in total. The molecular formula is C22H28N2O5S. The third-order valence-electron chi connectivity index (χ3n) is 5.02. The number of ether oxygens (including phenoxy) is 2. The van der Waals surface area contributed by atoms with Gasteiger partial charge in [0.25, 0.3) is 5.91 Å². The van der Waals surface area contributed by atoms with E-state index in [9.17, 15) is 13.2 Å². The molecule has 0 unspecified atom stereocenters. The van der Waals surface area contributed by atoms with Gasteiger partial charge in [0.05, 0.1) is 24.2 Å². The predicted octanol–water partition coefficient (Wildman–Crippen LogP) is 3.91. The summed E-state index contributed by atoms with van der Waals surface area (Å²) < 4.78 is 38.5. The highest BCUT2D eigenvalue weighted by Crippen LogP contribution is 2.27. The Morgan fingerprint density at radius 1 is 1.07 bits per heavy atom. The van der Waals surface area contributed by atoms with Gasteiger partial charge in [-0.1, -0.05) is 18.9 Å². The second-order valence-electron chi connectivity index (χ2n) is 7.10. The van der Waals surface area contributed by atoms with E-state index < -0.39 is 15.9 Å². The van der Waals surface area contributed by atoms with Crippen molar-refractivity contribution in [3.05, 3.63) is 48.0 Å². The summed E-state index contributed by atoms with van der Waals surface area (Å²) in [5.41, 5.74) is 0.712. The Kier molecular flexibility index (Phi) is 7.33. The second kappa shape index (κ2) is 9.95. The van der Waals surface area contributed by atoms with Crippen LogP contribution in [0, 0.1) is 0 Å². The lowest BCUT2D eigenvalue weighted by atomic mass is 10.2. The minimum atomic E-state index is -3.68. The van der Waals surface area contributed by atoms with Crippen LogP contribution < -0.4 is 14.8 Å². The number of nitrogens with zero attached hydrogens (tertiary/aromatic N) is 1. The van der Waals surface area contributed by atoms with E-state index in [2.05, 4.69) is 5.32 Å². The molecule has 0 aliphatic carbocycles. The monoisotopic (exact) mass is 432 g/mol. The van der Waals surface area contributed by atoms with E-state index in [1.807, 2.05) is 6.92 Å². The summed E-state index contributed by atoms with van der Waals surface area (Å²) in [6.45, 7) is 3.40. The standard InChI is InChI=1S/C22H28N2O5S/c1-3-29-18-10-8-9-17(15-18)23-22(25)20-16-19(11-12-21(20)28-2)30(26,27)24-13-6-4-5-7-14-24/h8-12,15-16H,3-7,13-14H2,1-2H3,(H,23,25). The van der Waals surface area contributed by atoms with Crippen molar-refractivity contribution in [2.75, 3.05) is 32.1 Å². The van der Waals surface area contributed by atoms with E-state index in [0.29, 0.717) is 36.9 Å². The van der Waals surface area contributed by atoms with E-state index in [1.165, 1.54) is 29.6 Å². The summed E-state index contributed by atoms with van der Waals surface area (Å²) in [4.78, 5) is 13.0. The minimum absolute atomic E-state index is 0.0958. The average molecular weight is 433 g/mol. The molecular weight excluding hydrogens is 404 g/mol. The topological polar surface area (TPSA) is 84.9 Å². The van der Waals surface area contributed by atoms with Crippen LogP contribution in [0.15, 0.2) is 47.4 Å². The number of benzene rings is 2. The van der Waals surface area contributed by atoms with Crippen LogP contribution in [0.5, 0.6) is 11.5 Å². The number of amides is 1. The van der Waals surface area contributed by atoms with Gasteiger partial charge < -0.3 is 14.8 Å². The van der Waals surface area contributed by atoms with Gasteiger partial charge in [0.15, 0.2) is 0 Å². The van der Waals surface area contributed by atoms with Crippen LogP contribution in [0.25, 0.3) is 0 Å². The van der Waals surface area contributed by atoms with E-state index in [1.54, 1.807) is 24.3 Å². The summed E-state index contributed by atoms with van der Waals surface area (Å²) in [7, 11) is -2.23. The highest BCUT2D eigenvalue weighted by molar-refractivity contribution is 7.89. The molecule has 0 atom stereocenters. The van der Waals surface area contributed by atoms with Gasteiger partial charge in [-0.2, -0.15) is 4.31 Å². The Morgan fingerprint density at radius 2 is 1.80 bits per heavy atom. The molecule has 30 heavy (non-hydrogen) atoms. The lowest BCUT2D eigenvalue weighted by molar-refractivity contribution is 0.102. The van der Waals surface area contributed by atoms with Crippen LogP contribution in [0.3, 0.4) is 0 Å². The van der Waals surface area contributed by atoms with Gasteiger partial charge in [-0.05, 0) is 50.1 Å². The largest absolute Gasteiger partial charge is 0.496 e. The zero-order chi connectivity index (χ0) is 21.6. The minimum Gasteiger partial charge on any atom is -0.496 e. The fourth-order valence-electron chi connectivity index (χ4n) is 3.48. The van der Waals surface area contributed by atoms with Crippen LogP contribution in [0.2, 0.25) is 0 Å². The van der Waals surface area contributed by atoms with Gasteiger partial charge in [-0.3, -0.25) is 4.79 Å². The van der Waals surface area contributed by atoms with Crippen molar-refractivity contribution in [2.24, 2.45) is 0 Å². The molecule has 1 aliphatic heterocycles. The first-order valence-electron chi connectivity index (χ1n) is 10.2. The van der Waals surface area contributed by atoms with Gasteiger partial charge in [-0.15, -0.1) is 0 Å². The van der Waals surface area contributed by atoms with Crippen molar-refractivity contribution in [1.82, 2.24) is 4.31 Å². The van der Waals surface area contributed by atoms with Crippen molar-refractivity contribution < 1.29 is 22.7 Å². The third-order valence-corrected chi connectivity index (χ3v) is 6.92. The maximum atomic E-state index is 13.1. The van der Waals surface area contributed by atoms with Crippen molar-refractivity contribution in [1.29, 1.82) is 0 Å². The molecule has 0 spiro atoms. The molecule has 1 saturated heterocycles. The molecule has 2 aromatic rings. The number of nitrogens with one attached hydrogen (secondary N) is 1. The normalized spacial score (nSPS) is 15.3. The third kappa shape index (κ3) is 5.12. The number of hydrogen-bond donors (Lipinski definition) is 1. The Bertz CT molecular complexity index is 983. The van der Waals surface area contributed by atoms with E-state index in [0.717, 1.165) is 25.7 Å². The molecule has 2 aromatic carbocycles. The first kappa shape index (κ1) is 22.1. The molecule has 1 heterocycles. The SMILES string of the molecule is CCOc1cccc(NC(=O)c2cc(S(=O)(=O)N3CCCCCC3)ccc2OC)c1. The quantitative estimate of drug-likeness (QED) is 0.717. The number of anilines is 1. The molecule has 8 heteroatoms. The van der Waals surface area contributed by atoms with Gasteiger partial charge in [0.1, 0.15) is 11.5 Å². The Hall–Kier alpha value is -2.58. The summed E-state index contributed by atoms with van der Waals surface area (Å²) in [6.07, 6.45) is 3.75. The van der Waals surface area contributed by atoms with E-state index >= 15 is 0 Å². The Labute approximate surface area is 178 Å². The molecule has 3 rings (SSSR count). The van der Waals surface area contributed by atoms with Crippen molar-refractivity contribution >= 4 is 21.6 Å². The Balaban J connectivity index is 1.88. The zero-order valence-electron chi connectivity index (χ0n) is 17.4. The molecule has 0 aromatic heterocycles. The van der Waals surface area contributed by atoms with E-state index in [-0.39, 0.29) is 10.5 Å². The molecule has 0 radical (unpaired) electrons. The summed E-state index contributed by atoms with van der Waals surface area (Å²) in [5, 5.41) is 2.79. The maximum absolute atomic E-state index is 13.1. The molecule has 1 aliphatic rings. The smallest absolute Gasteiger partial charge is 0.259 e.